The normalized spacial score (nSPS) is 25.4. The number of nitrogens with two attached hydrogens (primary N) is 1. The summed E-state index contributed by atoms with van der Waals surface area (Å²) >= 11 is 3.51. The van der Waals surface area contributed by atoms with Crippen molar-refractivity contribution in [1.82, 2.24) is 0 Å². The molecule has 1 fully saturated rings. The molecule has 1 aromatic carbocycles. The molecule has 20 heavy (non-hydrogen) atoms. The number of hydrogen-bond acceptors (Lipinski definition) is 1. The minimum absolute atomic E-state index is 0.459. The van der Waals surface area contributed by atoms with Crippen molar-refractivity contribution in [2.45, 2.75) is 52.4 Å². The zero-order chi connectivity index (χ0) is 14.8. The van der Waals surface area contributed by atoms with Crippen molar-refractivity contribution in [1.29, 1.82) is 0 Å². The lowest BCUT2D eigenvalue weighted by Gasteiger charge is -2.39. The van der Waals surface area contributed by atoms with Gasteiger partial charge in [-0.2, -0.15) is 0 Å². The summed E-state index contributed by atoms with van der Waals surface area (Å²) in [7, 11) is 0. The van der Waals surface area contributed by atoms with E-state index in [-0.39, 0.29) is 0 Å². The Morgan fingerprint density at radius 1 is 1.10 bits per heavy atom. The van der Waals surface area contributed by atoms with Gasteiger partial charge in [-0.25, -0.2) is 0 Å². The molecule has 0 aliphatic heterocycles. The summed E-state index contributed by atoms with van der Waals surface area (Å²) < 4.78 is 1.15. The second kappa shape index (κ2) is 6.62. The Morgan fingerprint density at radius 2 is 1.65 bits per heavy atom. The first-order valence-electron chi connectivity index (χ1n) is 7.87. The maximum absolute atomic E-state index is 6.08. The summed E-state index contributed by atoms with van der Waals surface area (Å²) in [6, 6.07) is 8.74. The summed E-state index contributed by atoms with van der Waals surface area (Å²) in [5.74, 6) is 2.17. The number of hydrogen-bond donors (Lipinski definition) is 1. The number of benzene rings is 1. The molecule has 0 spiro atoms. The first-order valence-corrected chi connectivity index (χ1v) is 8.66. The van der Waals surface area contributed by atoms with Crippen LogP contribution in [0.25, 0.3) is 0 Å². The van der Waals surface area contributed by atoms with Gasteiger partial charge in [0.05, 0.1) is 0 Å². The second-order valence-corrected chi connectivity index (χ2v) is 8.29. The van der Waals surface area contributed by atoms with Crippen molar-refractivity contribution < 1.29 is 0 Å². The zero-order valence-corrected chi connectivity index (χ0v) is 14.6. The number of rotatable bonds is 3. The highest BCUT2D eigenvalue weighted by Gasteiger charge is 2.32. The smallest absolute Gasteiger partial charge is 0.0175 e. The summed E-state index contributed by atoms with van der Waals surface area (Å²) in [5, 5.41) is 0. The van der Waals surface area contributed by atoms with E-state index in [1.54, 1.807) is 0 Å². The van der Waals surface area contributed by atoms with Crippen LogP contribution in [0, 0.1) is 17.3 Å². The average Bonchev–Trinajstić information content (AvgIpc) is 2.41. The van der Waals surface area contributed by atoms with Gasteiger partial charge in [0, 0.05) is 4.47 Å². The lowest BCUT2D eigenvalue weighted by atomic mass is 9.66. The minimum atomic E-state index is 0.459. The van der Waals surface area contributed by atoms with E-state index in [9.17, 15) is 0 Å². The molecule has 1 aromatic rings. The van der Waals surface area contributed by atoms with E-state index >= 15 is 0 Å². The molecular weight excluding hydrogens is 310 g/mol. The van der Waals surface area contributed by atoms with Gasteiger partial charge < -0.3 is 5.73 Å². The summed E-state index contributed by atoms with van der Waals surface area (Å²) in [5.41, 5.74) is 7.95. The fourth-order valence-corrected chi connectivity index (χ4v) is 3.96. The molecule has 0 radical (unpaired) electrons. The van der Waals surface area contributed by atoms with E-state index in [0.717, 1.165) is 22.9 Å². The van der Waals surface area contributed by atoms with Crippen LogP contribution in [0.4, 0.5) is 0 Å². The third-order valence-corrected chi connectivity index (χ3v) is 5.65. The lowest BCUT2D eigenvalue weighted by molar-refractivity contribution is 0.140. The maximum Gasteiger partial charge on any atom is 0.0175 e. The van der Waals surface area contributed by atoms with E-state index < -0.39 is 0 Å². The van der Waals surface area contributed by atoms with Gasteiger partial charge in [0.25, 0.3) is 0 Å². The van der Waals surface area contributed by atoms with Gasteiger partial charge in [-0.15, -0.1) is 0 Å². The summed E-state index contributed by atoms with van der Waals surface area (Å²) in [6.45, 7) is 7.92. The van der Waals surface area contributed by atoms with Crippen LogP contribution in [0.5, 0.6) is 0 Å². The lowest BCUT2D eigenvalue weighted by Crippen LogP contribution is -2.30. The topological polar surface area (TPSA) is 26.0 Å². The van der Waals surface area contributed by atoms with Gasteiger partial charge in [0.1, 0.15) is 0 Å². The van der Waals surface area contributed by atoms with E-state index in [4.69, 9.17) is 5.73 Å². The predicted octanol–water partition coefficient (Wildman–Crippen LogP) is 5.34. The molecule has 0 aromatic heterocycles. The molecule has 2 heteroatoms. The Labute approximate surface area is 132 Å². The maximum atomic E-state index is 6.08. The molecule has 1 aliphatic rings. The van der Waals surface area contributed by atoms with E-state index in [1.165, 1.54) is 31.2 Å². The van der Waals surface area contributed by atoms with Gasteiger partial charge in [-0.05, 0) is 73.1 Å². The van der Waals surface area contributed by atoms with Crippen LogP contribution >= 0.6 is 15.9 Å². The van der Waals surface area contributed by atoms with E-state index in [2.05, 4.69) is 61.0 Å². The molecule has 1 saturated carbocycles. The second-order valence-electron chi connectivity index (χ2n) is 7.37. The number of halogens is 1. The van der Waals surface area contributed by atoms with Gasteiger partial charge in [0.15, 0.2) is 0 Å². The first kappa shape index (κ1) is 16.0. The monoisotopic (exact) mass is 337 g/mol. The predicted molar refractivity (Wildman–Crippen MR) is 90.8 cm³/mol. The molecule has 112 valence electrons. The minimum Gasteiger partial charge on any atom is -0.330 e. The average molecular weight is 338 g/mol. The Hall–Kier alpha value is -0.340. The van der Waals surface area contributed by atoms with Crippen molar-refractivity contribution in [3.63, 3.8) is 0 Å². The molecular formula is C18H28BrN. The SMILES string of the molecule is CC(C)(C)C1CCC([C@@H](CN)c2ccc(Br)cc2)CC1. The fourth-order valence-electron chi connectivity index (χ4n) is 3.70. The molecule has 1 atom stereocenters. The Kier molecular flexibility index (Phi) is 5.30. The van der Waals surface area contributed by atoms with Crippen LogP contribution in [0.15, 0.2) is 28.7 Å². The molecule has 1 nitrogen and oxygen atoms in total. The van der Waals surface area contributed by atoms with Crippen LogP contribution in [0.3, 0.4) is 0 Å². The molecule has 2 rings (SSSR count). The zero-order valence-electron chi connectivity index (χ0n) is 13.0. The Morgan fingerprint density at radius 3 is 2.10 bits per heavy atom. The Bertz CT molecular complexity index is 410. The first-order chi connectivity index (χ1) is 9.41. The third kappa shape index (κ3) is 3.85. The quantitative estimate of drug-likeness (QED) is 0.790. The molecule has 0 heterocycles. The van der Waals surface area contributed by atoms with Crippen LogP contribution in [0.1, 0.15) is 57.9 Å². The van der Waals surface area contributed by atoms with Gasteiger partial charge in [0.2, 0.25) is 0 Å². The molecule has 0 amide bonds. The fraction of sp³-hybridized carbons (Fsp3) is 0.667. The highest BCUT2D eigenvalue weighted by Crippen LogP contribution is 2.43. The van der Waals surface area contributed by atoms with Crippen LogP contribution < -0.4 is 5.73 Å². The van der Waals surface area contributed by atoms with Crippen molar-refractivity contribution in [3.05, 3.63) is 34.3 Å². The van der Waals surface area contributed by atoms with Crippen LogP contribution in [-0.2, 0) is 0 Å². The van der Waals surface area contributed by atoms with Crippen molar-refractivity contribution in [2.75, 3.05) is 6.54 Å². The van der Waals surface area contributed by atoms with Gasteiger partial charge >= 0.3 is 0 Å². The molecule has 2 N–H and O–H groups in total. The molecule has 0 saturated heterocycles. The van der Waals surface area contributed by atoms with E-state index in [0.29, 0.717) is 11.3 Å². The molecule has 0 bridgehead atoms. The highest BCUT2D eigenvalue weighted by atomic mass is 79.9. The van der Waals surface area contributed by atoms with Gasteiger partial charge in [-0.3, -0.25) is 0 Å². The largest absolute Gasteiger partial charge is 0.330 e. The van der Waals surface area contributed by atoms with Crippen LogP contribution in [-0.4, -0.2) is 6.54 Å². The molecule has 1 aliphatic carbocycles. The molecule has 0 unspecified atom stereocenters. The third-order valence-electron chi connectivity index (χ3n) is 5.12. The van der Waals surface area contributed by atoms with E-state index in [1.807, 2.05) is 0 Å². The van der Waals surface area contributed by atoms with Crippen LogP contribution in [0.2, 0.25) is 0 Å². The van der Waals surface area contributed by atoms with Crippen molar-refractivity contribution in [3.8, 4) is 0 Å². The summed E-state index contributed by atoms with van der Waals surface area (Å²) in [6.07, 6.45) is 5.39. The Balaban J connectivity index is 2.02. The standard InChI is InChI=1S/C18H28BrN/c1-18(2,3)15-8-4-13(5-9-15)17(12-20)14-6-10-16(19)11-7-14/h6-7,10-11,13,15,17H,4-5,8-9,12,20H2,1-3H3/t13?,15?,17-/m1/s1. The summed E-state index contributed by atoms with van der Waals surface area (Å²) in [4.78, 5) is 0. The highest BCUT2D eigenvalue weighted by molar-refractivity contribution is 9.10. The van der Waals surface area contributed by atoms with Crippen molar-refractivity contribution in [2.24, 2.45) is 23.0 Å². The van der Waals surface area contributed by atoms with Crippen molar-refractivity contribution >= 4 is 15.9 Å². The van der Waals surface area contributed by atoms with Gasteiger partial charge in [-0.1, -0.05) is 48.8 Å².